The van der Waals surface area contributed by atoms with Gasteiger partial charge >= 0.3 is 0 Å². The van der Waals surface area contributed by atoms with Gasteiger partial charge in [0.25, 0.3) is 0 Å². The summed E-state index contributed by atoms with van der Waals surface area (Å²) in [5, 5.41) is 9.08. The highest BCUT2D eigenvalue weighted by molar-refractivity contribution is 7.93. The second kappa shape index (κ2) is 4.08. The molecule has 1 aromatic carbocycles. The van der Waals surface area contributed by atoms with E-state index in [1.807, 2.05) is 0 Å². The van der Waals surface area contributed by atoms with E-state index < -0.39 is 9.84 Å². The first kappa shape index (κ1) is 11.4. The summed E-state index contributed by atoms with van der Waals surface area (Å²) in [6.45, 7) is 0. The van der Waals surface area contributed by atoms with E-state index in [1.54, 1.807) is 6.07 Å². The van der Waals surface area contributed by atoms with Gasteiger partial charge in [-0.2, -0.15) is 0 Å². The van der Waals surface area contributed by atoms with Crippen LogP contribution in [0.3, 0.4) is 0 Å². The lowest BCUT2D eigenvalue weighted by molar-refractivity contribution is 0.475. The van der Waals surface area contributed by atoms with Gasteiger partial charge in [-0.15, -0.1) is 11.3 Å². The van der Waals surface area contributed by atoms with Crippen LogP contribution in [0.25, 0.3) is 0 Å². The Kier molecular flexibility index (Phi) is 2.92. The van der Waals surface area contributed by atoms with Gasteiger partial charge in [0.2, 0.25) is 9.84 Å². The summed E-state index contributed by atoms with van der Waals surface area (Å²) in [7, 11) is -3.51. The number of rotatable bonds is 2. The Bertz CT molecular complexity index is 599. The lowest BCUT2D eigenvalue weighted by Gasteiger charge is -2.01. The van der Waals surface area contributed by atoms with Crippen LogP contribution in [0.2, 0.25) is 4.34 Å². The van der Waals surface area contributed by atoms with Gasteiger partial charge in [-0.1, -0.05) is 11.6 Å². The topological polar surface area (TPSA) is 54.4 Å². The molecule has 0 atom stereocenters. The van der Waals surface area contributed by atoms with E-state index in [9.17, 15) is 8.42 Å². The highest BCUT2D eigenvalue weighted by atomic mass is 35.5. The third-order valence-electron chi connectivity index (χ3n) is 1.96. The summed E-state index contributed by atoms with van der Waals surface area (Å²) < 4.78 is 24.7. The van der Waals surface area contributed by atoms with Crippen LogP contribution < -0.4 is 0 Å². The van der Waals surface area contributed by atoms with E-state index in [2.05, 4.69) is 0 Å². The first-order chi connectivity index (χ1) is 7.50. The molecule has 6 heteroatoms. The second-order valence-electron chi connectivity index (χ2n) is 3.06. The number of phenols is 1. The van der Waals surface area contributed by atoms with Gasteiger partial charge in [-0.25, -0.2) is 8.42 Å². The van der Waals surface area contributed by atoms with Crippen molar-refractivity contribution in [2.75, 3.05) is 0 Å². The van der Waals surface area contributed by atoms with Crippen LogP contribution in [-0.4, -0.2) is 13.5 Å². The molecular weight excluding hydrogens is 268 g/mol. The van der Waals surface area contributed by atoms with Crippen molar-refractivity contribution in [1.82, 2.24) is 0 Å². The quantitative estimate of drug-likeness (QED) is 0.916. The molecule has 16 heavy (non-hydrogen) atoms. The molecular formula is C10H7ClO3S2. The first-order valence-electron chi connectivity index (χ1n) is 4.29. The zero-order valence-electron chi connectivity index (χ0n) is 7.92. The van der Waals surface area contributed by atoms with Gasteiger partial charge in [-0.3, -0.25) is 0 Å². The van der Waals surface area contributed by atoms with Crippen LogP contribution in [0.4, 0.5) is 0 Å². The number of benzene rings is 1. The molecule has 0 amide bonds. The summed E-state index contributed by atoms with van der Waals surface area (Å²) in [4.78, 5) is 0.142. The van der Waals surface area contributed by atoms with Crippen LogP contribution in [0, 0.1) is 0 Å². The molecule has 1 heterocycles. The van der Waals surface area contributed by atoms with Crippen LogP contribution in [0.5, 0.6) is 5.75 Å². The summed E-state index contributed by atoms with van der Waals surface area (Å²) >= 11 is 6.70. The highest BCUT2D eigenvalue weighted by Gasteiger charge is 2.19. The Balaban J connectivity index is 2.51. The second-order valence-corrected chi connectivity index (χ2v) is 6.95. The summed E-state index contributed by atoms with van der Waals surface area (Å²) in [6, 6.07) is 8.40. The number of thiophene rings is 1. The van der Waals surface area contributed by atoms with Crippen molar-refractivity contribution in [3.05, 3.63) is 40.7 Å². The van der Waals surface area contributed by atoms with Crippen molar-refractivity contribution >= 4 is 32.8 Å². The third-order valence-corrected chi connectivity index (χ3v) is 5.45. The molecule has 3 nitrogen and oxygen atoms in total. The fourth-order valence-corrected chi connectivity index (χ4v) is 4.07. The van der Waals surface area contributed by atoms with Crippen LogP contribution >= 0.6 is 22.9 Å². The van der Waals surface area contributed by atoms with Gasteiger partial charge in [0, 0.05) is 0 Å². The summed E-state index contributed by atoms with van der Waals surface area (Å²) in [5.74, 6) is 0.0307. The van der Waals surface area contributed by atoms with Gasteiger partial charge in [0.1, 0.15) is 9.96 Å². The minimum atomic E-state index is -3.51. The molecule has 0 aliphatic heterocycles. The molecule has 0 spiro atoms. The Morgan fingerprint density at radius 2 is 1.69 bits per heavy atom. The number of hydrogen-bond donors (Lipinski definition) is 1. The van der Waals surface area contributed by atoms with E-state index in [0.29, 0.717) is 4.34 Å². The van der Waals surface area contributed by atoms with Gasteiger partial charge < -0.3 is 5.11 Å². The van der Waals surface area contributed by atoms with E-state index in [-0.39, 0.29) is 14.9 Å². The summed E-state index contributed by atoms with van der Waals surface area (Å²) in [6.07, 6.45) is 0. The maximum atomic E-state index is 12.0. The van der Waals surface area contributed by atoms with Crippen molar-refractivity contribution in [3.63, 3.8) is 0 Å². The molecule has 0 unspecified atom stereocenters. The van der Waals surface area contributed by atoms with Crippen molar-refractivity contribution < 1.29 is 13.5 Å². The van der Waals surface area contributed by atoms with Crippen molar-refractivity contribution in [3.8, 4) is 5.75 Å². The van der Waals surface area contributed by atoms with Crippen LogP contribution in [0.1, 0.15) is 0 Å². The van der Waals surface area contributed by atoms with Gasteiger partial charge in [0.15, 0.2) is 0 Å². The lowest BCUT2D eigenvalue weighted by atomic mass is 10.3. The predicted octanol–water partition coefficient (Wildman–Crippen LogP) is 2.94. The van der Waals surface area contributed by atoms with Gasteiger partial charge in [-0.05, 0) is 36.4 Å². The molecule has 1 aromatic heterocycles. The average Bonchev–Trinajstić information content (AvgIpc) is 2.66. The molecule has 0 aliphatic rings. The number of halogens is 1. The van der Waals surface area contributed by atoms with Crippen LogP contribution in [0.15, 0.2) is 45.5 Å². The van der Waals surface area contributed by atoms with Crippen molar-refractivity contribution in [2.24, 2.45) is 0 Å². The first-order valence-corrected chi connectivity index (χ1v) is 6.97. The Morgan fingerprint density at radius 3 is 2.19 bits per heavy atom. The number of hydrogen-bond acceptors (Lipinski definition) is 4. The molecule has 84 valence electrons. The SMILES string of the molecule is O=S(=O)(c1ccc(O)cc1)c1ccc(Cl)s1. The molecule has 0 bridgehead atoms. The van der Waals surface area contributed by atoms with E-state index in [0.717, 1.165) is 11.3 Å². The summed E-state index contributed by atoms with van der Waals surface area (Å²) in [5.41, 5.74) is 0. The number of sulfone groups is 1. The van der Waals surface area contributed by atoms with Crippen molar-refractivity contribution in [1.29, 1.82) is 0 Å². The van der Waals surface area contributed by atoms with Gasteiger partial charge in [0.05, 0.1) is 9.23 Å². The maximum Gasteiger partial charge on any atom is 0.216 e. The van der Waals surface area contributed by atoms with Crippen LogP contribution in [-0.2, 0) is 9.84 Å². The zero-order valence-corrected chi connectivity index (χ0v) is 10.3. The van der Waals surface area contributed by atoms with Crippen molar-refractivity contribution in [2.45, 2.75) is 9.10 Å². The van der Waals surface area contributed by atoms with E-state index in [1.165, 1.54) is 30.3 Å². The Labute approximate surface area is 102 Å². The molecule has 2 aromatic rings. The molecule has 0 fully saturated rings. The number of aromatic hydroxyl groups is 1. The minimum Gasteiger partial charge on any atom is -0.508 e. The predicted molar refractivity (Wildman–Crippen MR) is 62.9 cm³/mol. The fourth-order valence-electron chi connectivity index (χ4n) is 1.18. The molecule has 0 saturated heterocycles. The molecule has 2 rings (SSSR count). The minimum absolute atomic E-state index is 0.0307. The average molecular weight is 275 g/mol. The largest absolute Gasteiger partial charge is 0.508 e. The Morgan fingerprint density at radius 1 is 1.06 bits per heavy atom. The van der Waals surface area contributed by atoms with E-state index >= 15 is 0 Å². The molecule has 0 saturated carbocycles. The van der Waals surface area contributed by atoms with E-state index in [4.69, 9.17) is 16.7 Å². The zero-order chi connectivity index (χ0) is 11.8. The standard InChI is InChI=1S/C10H7ClO3S2/c11-9-5-6-10(15-9)16(13,14)8-3-1-7(12)2-4-8/h1-6,12H. The molecule has 1 N–H and O–H groups in total. The third kappa shape index (κ3) is 2.07. The lowest BCUT2D eigenvalue weighted by Crippen LogP contribution is -1.98. The molecule has 0 aliphatic carbocycles. The normalized spacial score (nSPS) is 11.6. The number of phenolic OH excluding ortho intramolecular Hbond substituents is 1. The monoisotopic (exact) mass is 274 g/mol. The fraction of sp³-hybridized carbons (Fsp3) is 0. The smallest absolute Gasteiger partial charge is 0.216 e. The maximum absolute atomic E-state index is 12.0. The molecule has 0 radical (unpaired) electrons. The Hall–Kier alpha value is -1.04. The highest BCUT2D eigenvalue weighted by Crippen LogP contribution is 2.30.